The first-order valence-corrected chi connectivity index (χ1v) is 20.9. The van der Waals surface area contributed by atoms with Crippen LogP contribution in [0, 0.1) is 52.3 Å². The molecule has 9 unspecified atom stereocenters. The topological polar surface area (TPSA) is 58.9 Å². The Bertz CT molecular complexity index is 1400. The molecule has 4 bridgehead atoms. The fourth-order valence-corrected chi connectivity index (χ4v) is 11.9. The van der Waals surface area contributed by atoms with Crippen molar-refractivity contribution in [3.05, 3.63) is 12.7 Å². The standard InChI is InChI=1S/C29H45F9O3.C12H14F6O/c1-5-7-14-40-19(4)41-25(27(30,31)32)12-9-21(10-13-25)20(6-2)15-18(3)24-11-8-22(16-24)23(17-24)26(39,28(33,34)35)29(36,37)38;1-2-9-4-3-7(5-9)8(6-9)10(19,11(13,14)15)12(16,17)18/h18-23,39H,5-17H2,1-4H3;2,7-8,19H,1,3-6H2. The monoisotopic (exact) mass is 900 g/mol. The summed E-state index contributed by atoms with van der Waals surface area (Å²) in [4.78, 5) is 0. The molecule has 0 radical (unpaired) electrons. The van der Waals surface area contributed by atoms with Crippen molar-refractivity contribution in [3.63, 3.8) is 0 Å². The zero-order valence-corrected chi connectivity index (χ0v) is 34.3. The van der Waals surface area contributed by atoms with E-state index in [0.717, 1.165) is 6.42 Å². The van der Waals surface area contributed by atoms with Crippen molar-refractivity contribution in [2.45, 2.75) is 184 Å². The second kappa shape index (κ2) is 17.5. The molecule has 352 valence electrons. The first-order chi connectivity index (χ1) is 27.2. The first-order valence-electron chi connectivity index (χ1n) is 20.9. The third-order valence-electron chi connectivity index (χ3n) is 15.5. The van der Waals surface area contributed by atoms with Gasteiger partial charge in [-0.25, -0.2) is 0 Å². The molecule has 2 N–H and O–H groups in total. The van der Waals surface area contributed by atoms with E-state index in [4.69, 9.17) is 9.47 Å². The number of ether oxygens (including phenoxy) is 2. The molecule has 0 aromatic carbocycles. The number of halogens is 15. The maximum Gasteiger partial charge on any atom is 0.426 e. The van der Waals surface area contributed by atoms with E-state index in [-0.39, 0.29) is 82.0 Å². The molecular weight excluding hydrogens is 841 g/mol. The maximum atomic E-state index is 14.2. The molecule has 0 spiro atoms. The predicted octanol–water partition coefficient (Wildman–Crippen LogP) is 13.2. The fraction of sp³-hybridized carbons (Fsp3) is 0.951. The number of allylic oxidation sites excluding steroid dienone is 1. The van der Waals surface area contributed by atoms with E-state index in [0.29, 0.717) is 38.7 Å². The third-order valence-corrected chi connectivity index (χ3v) is 15.5. The number of hydrogen-bond acceptors (Lipinski definition) is 4. The Morgan fingerprint density at radius 2 is 1.15 bits per heavy atom. The van der Waals surface area contributed by atoms with Gasteiger partial charge in [0.2, 0.25) is 0 Å². The van der Waals surface area contributed by atoms with Crippen molar-refractivity contribution in [2.75, 3.05) is 6.61 Å². The van der Waals surface area contributed by atoms with Crippen molar-refractivity contribution in [1.82, 2.24) is 0 Å². The van der Waals surface area contributed by atoms with Crippen molar-refractivity contribution >= 4 is 0 Å². The smallest absolute Gasteiger partial charge is 0.373 e. The molecule has 19 heteroatoms. The molecular formula is C41H59F15O4. The fourth-order valence-electron chi connectivity index (χ4n) is 11.9. The Labute approximate surface area is 341 Å². The molecule has 0 aliphatic heterocycles. The minimum absolute atomic E-state index is 0.0222. The van der Waals surface area contributed by atoms with E-state index in [1.54, 1.807) is 0 Å². The highest BCUT2D eigenvalue weighted by atomic mass is 19.4. The molecule has 60 heavy (non-hydrogen) atoms. The number of fused-ring (bicyclic) bond motifs is 4. The number of unbranched alkanes of at least 4 members (excludes halogenated alkanes) is 1. The summed E-state index contributed by atoms with van der Waals surface area (Å²) in [6.07, 6.45) is -23.3. The van der Waals surface area contributed by atoms with Crippen LogP contribution >= 0.6 is 0 Å². The van der Waals surface area contributed by atoms with Crippen LogP contribution in [0.1, 0.15) is 130 Å². The summed E-state index contributed by atoms with van der Waals surface area (Å²) in [6, 6.07) is 0. The highest BCUT2D eigenvalue weighted by Gasteiger charge is 2.78. The molecule has 9 atom stereocenters. The second-order valence-electron chi connectivity index (χ2n) is 18.6. The predicted molar refractivity (Wildman–Crippen MR) is 190 cm³/mol. The van der Waals surface area contributed by atoms with E-state index in [1.807, 2.05) is 20.8 Å². The summed E-state index contributed by atoms with van der Waals surface area (Å²) >= 11 is 0. The van der Waals surface area contributed by atoms with Gasteiger partial charge in [-0.05, 0) is 137 Å². The van der Waals surface area contributed by atoms with Crippen molar-refractivity contribution in [2.24, 2.45) is 52.3 Å². The molecule has 0 saturated heterocycles. The molecule has 5 aliphatic rings. The summed E-state index contributed by atoms with van der Waals surface area (Å²) in [7, 11) is 0. The lowest BCUT2D eigenvalue weighted by atomic mass is 9.63. The van der Waals surface area contributed by atoms with Gasteiger partial charge in [-0.2, -0.15) is 65.9 Å². The Balaban J connectivity index is 0.000000347. The molecule has 5 aliphatic carbocycles. The number of rotatable bonds is 14. The molecule has 0 aromatic heterocycles. The zero-order chi connectivity index (χ0) is 45.8. The van der Waals surface area contributed by atoms with Gasteiger partial charge >= 0.3 is 30.9 Å². The van der Waals surface area contributed by atoms with Gasteiger partial charge in [0.15, 0.2) is 11.9 Å². The van der Waals surface area contributed by atoms with Crippen LogP contribution in [-0.2, 0) is 9.47 Å². The lowest BCUT2D eigenvalue weighted by molar-refractivity contribution is -0.389. The minimum Gasteiger partial charge on any atom is -0.373 e. The largest absolute Gasteiger partial charge is 0.426 e. The van der Waals surface area contributed by atoms with Crippen molar-refractivity contribution in [1.29, 1.82) is 0 Å². The van der Waals surface area contributed by atoms with Gasteiger partial charge in [0.25, 0.3) is 11.2 Å². The zero-order valence-electron chi connectivity index (χ0n) is 34.3. The van der Waals surface area contributed by atoms with Gasteiger partial charge < -0.3 is 19.7 Å². The number of hydrogen-bond donors (Lipinski definition) is 2. The molecule has 4 nitrogen and oxygen atoms in total. The van der Waals surface area contributed by atoms with Gasteiger partial charge in [-0.1, -0.05) is 39.7 Å². The van der Waals surface area contributed by atoms with Gasteiger partial charge in [0.05, 0.1) is 0 Å². The molecule has 0 heterocycles. The van der Waals surface area contributed by atoms with E-state index >= 15 is 0 Å². The van der Waals surface area contributed by atoms with E-state index in [2.05, 4.69) is 6.58 Å². The van der Waals surface area contributed by atoms with Crippen LogP contribution in [0.4, 0.5) is 65.9 Å². The SMILES string of the molecule is C=CC12CCC(C1)C(C(O)(C(F)(F)F)C(F)(F)F)C2.CCCCOC(C)OC1(C(F)(F)F)CCC(C(CC)CC(C)C23CCC(C2)C(C(O)(C(F)(F)F)C(F)(F)F)C3)CC1. The summed E-state index contributed by atoms with van der Waals surface area (Å²) in [5.74, 6) is -5.75. The molecule has 5 saturated carbocycles. The van der Waals surface area contributed by atoms with Crippen LogP contribution in [0.3, 0.4) is 0 Å². The van der Waals surface area contributed by atoms with Crippen LogP contribution in [-0.4, -0.2) is 70.8 Å². The Morgan fingerprint density at radius 1 is 0.667 bits per heavy atom. The molecule has 5 fully saturated rings. The lowest BCUT2D eigenvalue weighted by Crippen LogP contribution is -2.63. The first kappa shape index (κ1) is 51.2. The van der Waals surface area contributed by atoms with E-state index in [1.165, 1.54) is 13.0 Å². The Hall–Kier alpha value is -1.47. The third kappa shape index (κ3) is 9.35. The van der Waals surface area contributed by atoms with Crippen LogP contribution in [0.2, 0.25) is 0 Å². The maximum absolute atomic E-state index is 14.2. The van der Waals surface area contributed by atoms with Gasteiger partial charge in [-0.3, -0.25) is 0 Å². The minimum atomic E-state index is -5.84. The van der Waals surface area contributed by atoms with Crippen LogP contribution in [0.5, 0.6) is 0 Å². The van der Waals surface area contributed by atoms with Crippen LogP contribution in [0.15, 0.2) is 12.7 Å². The summed E-state index contributed by atoms with van der Waals surface area (Å²) < 4.78 is 212. The van der Waals surface area contributed by atoms with Crippen LogP contribution in [0.25, 0.3) is 0 Å². The average molecular weight is 901 g/mol. The molecule has 0 amide bonds. The molecule has 0 aromatic rings. The quantitative estimate of drug-likeness (QED) is 0.0789. The highest BCUT2D eigenvalue weighted by molar-refractivity contribution is 5.16. The van der Waals surface area contributed by atoms with Crippen LogP contribution < -0.4 is 0 Å². The van der Waals surface area contributed by atoms with Gasteiger partial charge in [0, 0.05) is 18.4 Å². The summed E-state index contributed by atoms with van der Waals surface area (Å²) in [6.45, 7) is 11.0. The van der Waals surface area contributed by atoms with E-state index in [9.17, 15) is 76.1 Å². The second-order valence-corrected chi connectivity index (χ2v) is 18.6. The summed E-state index contributed by atoms with van der Waals surface area (Å²) in [5, 5.41) is 19.5. The number of alkyl halides is 15. The highest BCUT2D eigenvalue weighted by Crippen LogP contribution is 2.68. The Kier molecular flexibility index (Phi) is 14.9. The van der Waals surface area contributed by atoms with Crippen molar-refractivity contribution < 1.29 is 85.5 Å². The average Bonchev–Trinajstić information content (AvgIpc) is 3.92. The lowest BCUT2D eigenvalue weighted by Gasteiger charge is -2.46. The van der Waals surface area contributed by atoms with Gasteiger partial charge in [0.1, 0.15) is 0 Å². The van der Waals surface area contributed by atoms with E-state index < -0.39 is 88.5 Å². The summed E-state index contributed by atoms with van der Waals surface area (Å²) in [5.41, 5.74) is -13.1. The molecule has 5 rings (SSSR count). The van der Waals surface area contributed by atoms with Crippen molar-refractivity contribution in [3.8, 4) is 0 Å². The normalized spacial score (nSPS) is 34.3. The number of aliphatic hydroxyl groups is 2. The van der Waals surface area contributed by atoms with Gasteiger partial charge in [-0.15, -0.1) is 6.58 Å². The Morgan fingerprint density at radius 3 is 1.58 bits per heavy atom.